The number of aromatic hydroxyl groups is 1. The molecular formula is C17H14ClN4O5-. The lowest BCUT2D eigenvalue weighted by atomic mass is 10.1. The number of hydrogen-bond acceptors (Lipinski definition) is 8. The van der Waals surface area contributed by atoms with Crippen LogP contribution in [0.3, 0.4) is 0 Å². The first-order valence-electron chi connectivity index (χ1n) is 7.71. The van der Waals surface area contributed by atoms with Gasteiger partial charge in [0.05, 0.1) is 11.7 Å². The highest BCUT2D eigenvalue weighted by Crippen LogP contribution is 2.28. The van der Waals surface area contributed by atoms with Gasteiger partial charge in [0.1, 0.15) is 11.6 Å². The van der Waals surface area contributed by atoms with E-state index in [9.17, 15) is 25.1 Å². The van der Waals surface area contributed by atoms with Crippen LogP contribution in [-0.2, 0) is 6.54 Å². The lowest BCUT2D eigenvalue weighted by molar-refractivity contribution is -0.255. The number of nitriles is 1. The molecule has 27 heavy (non-hydrogen) atoms. The van der Waals surface area contributed by atoms with Crippen LogP contribution < -0.4 is 10.7 Å². The van der Waals surface area contributed by atoms with Gasteiger partial charge in [0.15, 0.2) is 5.69 Å². The molecule has 0 saturated carbocycles. The number of aliphatic hydroxyl groups is 1. The van der Waals surface area contributed by atoms with Gasteiger partial charge in [-0.2, -0.15) is 10.4 Å². The molecule has 0 aliphatic rings. The molecule has 0 fully saturated rings. The predicted octanol–water partition coefficient (Wildman–Crippen LogP) is 1.55. The number of carboxylic acid groups (broad SMARTS) is 1. The van der Waals surface area contributed by atoms with E-state index in [4.69, 9.17) is 16.7 Å². The Balaban J connectivity index is 2.57. The number of aromatic nitrogens is 1. The Kier molecular flexibility index (Phi) is 6.28. The minimum Gasteiger partial charge on any atom is -0.545 e. The fraction of sp³-hybridized carbons (Fsp3) is 0.235. The van der Waals surface area contributed by atoms with Crippen molar-refractivity contribution in [1.29, 1.82) is 5.26 Å². The standard InChI is InChI=1S/C17H15ClN4O5/c1-9-12(8-19)15(24)22(5-2-6-23)16(25)14(9)21-20-10-3-4-13(18)11(7-10)17(26)27/h3-4,7,23-24H,2,5-6H2,1H3,(H,26,27)/p-1. The number of carbonyl (C=O) groups excluding carboxylic acids is 1. The van der Waals surface area contributed by atoms with Gasteiger partial charge >= 0.3 is 0 Å². The van der Waals surface area contributed by atoms with Crippen LogP contribution in [-0.4, -0.2) is 27.4 Å². The monoisotopic (exact) mass is 389 g/mol. The number of pyridine rings is 1. The molecule has 2 N–H and O–H groups in total. The molecule has 2 aromatic rings. The van der Waals surface area contributed by atoms with Crippen LogP contribution in [0.5, 0.6) is 5.88 Å². The quantitative estimate of drug-likeness (QED) is 0.715. The van der Waals surface area contributed by atoms with Crippen molar-refractivity contribution in [2.24, 2.45) is 10.2 Å². The van der Waals surface area contributed by atoms with Crippen LogP contribution in [0.2, 0.25) is 5.02 Å². The van der Waals surface area contributed by atoms with Gasteiger partial charge in [-0.15, -0.1) is 5.11 Å². The topological polar surface area (TPSA) is 151 Å². The highest BCUT2D eigenvalue weighted by Gasteiger charge is 2.19. The molecule has 0 atom stereocenters. The molecule has 1 aromatic carbocycles. The van der Waals surface area contributed by atoms with Crippen molar-refractivity contribution in [2.75, 3.05) is 6.61 Å². The van der Waals surface area contributed by atoms with E-state index in [1.807, 2.05) is 0 Å². The molecule has 0 saturated heterocycles. The lowest BCUT2D eigenvalue weighted by Crippen LogP contribution is -2.22. The first-order chi connectivity index (χ1) is 12.8. The van der Waals surface area contributed by atoms with E-state index in [1.54, 1.807) is 6.07 Å². The zero-order chi connectivity index (χ0) is 20.1. The highest BCUT2D eigenvalue weighted by atomic mass is 35.5. The number of aliphatic hydroxyl groups excluding tert-OH is 1. The van der Waals surface area contributed by atoms with E-state index in [2.05, 4.69) is 10.2 Å². The number of nitrogens with zero attached hydrogens (tertiary/aromatic N) is 4. The fourth-order valence-corrected chi connectivity index (χ4v) is 2.53. The molecule has 1 heterocycles. The second-order valence-corrected chi connectivity index (χ2v) is 5.88. The smallest absolute Gasteiger partial charge is 0.281 e. The summed E-state index contributed by atoms with van der Waals surface area (Å²) >= 11 is 5.75. The SMILES string of the molecule is Cc1c(C#N)c(O)n(CCCO)c(=O)c1N=Nc1ccc(Cl)c(C(=O)[O-])c1. The Morgan fingerprint density at radius 2 is 2.11 bits per heavy atom. The number of azo groups is 1. The Morgan fingerprint density at radius 1 is 1.41 bits per heavy atom. The van der Waals surface area contributed by atoms with Crippen molar-refractivity contribution in [1.82, 2.24) is 4.57 Å². The van der Waals surface area contributed by atoms with Crippen molar-refractivity contribution >= 4 is 28.9 Å². The minimum absolute atomic E-state index is 0.0194. The fourth-order valence-electron chi connectivity index (χ4n) is 2.33. The van der Waals surface area contributed by atoms with Crippen molar-refractivity contribution in [3.05, 3.63) is 50.3 Å². The summed E-state index contributed by atoms with van der Waals surface area (Å²) in [5, 5.41) is 46.9. The van der Waals surface area contributed by atoms with E-state index in [0.717, 1.165) is 10.6 Å². The number of rotatable bonds is 6. The number of carboxylic acids is 1. The van der Waals surface area contributed by atoms with Crippen molar-refractivity contribution in [2.45, 2.75) is 19.9 Å². The first-order valence-corrected chi connectivity index (χ1v) is 8.09. The highest BCUT2D eigenvalue weighted by molar-refractivity contribution is 6.33. The lowest BCUT2D eigenvalue weighted by Gasteiger charge is -2.12. The molecule has 140 valence electrons. The van der Waals surface area contributed by atoms with E-state index < -0.39 is 17.4 Å². The van der Waals surface area contributed by atoms with Crippen LogP contribution in [0.15, 0.2) is 33.2 Å². The van der Waals surface area contributed by atoms with Crippen molar-refractivity contribution < 1.29 is 20.1 Å². The summed E-state index contributed by atoms with van der Waals surface area (Å²) in [5.74, 6) is -2.01. The predicted molar refractivity (Wildman–Crippen MR) is 93.5 cm³/mol. The molecule has 0 amide bonds. The number of halogens is 1. The third-order valence-electron chi connectivity index (χ3n) is 3.74. The molecular weight excluding hydrogens is 376 g/mol. The Bertz CT molecular complexity index is 1020. The molecule has 0 aliphatic carbocycles. The van der Waals surface area contributed by atoms with Crippen LogP contribution >= 0.6 is 11.6 Å². The van der Waals surface area contributed by atoms with Crippen molar-refractivity contribution in [3.63, 3.8) is 0 Å². The van der Waals surface area contributed by atoms with E-state index >= 15 is 0 Å². The van der Waals surface area contributed by atoms with Gasteiger partial charge in [-0.3, -0.25) is 9.36 Å². The number of benzene rings is 1. The molecule has 0 bridgehead atoms. The maximum atomic E-state index is 12.6. The summed E-state index contributed by atoms with van der Waals surface area (Å²) in [6.07, 6.45) is 0.185. The largest absolute Gasteiger partial charge is 0.545 e. The Morgan fingerprint density at radius 3 is 2.70 bits per heavy atom. The molecule has 0 spiro atoms. The van der Waals surface area contributed by atoms with E-state index in [1.165, 1.54) is 19.1 Å². The van der Waals surface area contributed by atoms with Gasteiger partial charge in [-0.1, -0.05) is 11.6 Å². The van der Waals surface area contributed by atoms with Gasteiger partial charge in [-0.25, -0.2) is 0 Å². The summed E-state index contributed by atoms with van der Waals surface area (Å²) in [6.45, 7) is 1.20. The first kappa shape index (κ1) is 20.1. The molecule has 0 radical (unpaired) electrons. The summed E-state index contributed by atoms with van der Waals surface area (Å²) in [5.41, 5.74) is -1.09. The van der Waals surface area contributed by atoms with Gasteiger partial charge in [0.2, 0.25) is 5.88 Å². The Labute approximate surface area is 158 Å². The zero-order valence-corrected chi connectivity index (χ0v) is 14.9. The molecule has 0 unspecified atom stereocenters. The van der Waals surface area contributed by atoms with Crippen LogP contribution in [0, 0.1) is 18.3 Å². The average molecular weight is 390 g/mol. The van der Waals surface area contributed by atoms with Crippen LogP contribution in [0.1, 0.15) is 27.9 Å². The maximum Gasteiger partial charge on any atom is 0.281 e. The normalized spacial score (nSPS) is 10.9. The molecule has 9 nitrogen and oxygen atoms in total. The summed E-state index contributed by atoms with van der Waals surface area (Å²) in [6, 6.07) is 5.62. The number of hydrogen-bond donors (Lipinski definition) is 2. The van der Waals surface area contributed by atoms with E-state index in [0.29, 0.717) is 0 Å². The second kappa shape index (κ2) is 8.44. The molecule has 0 aliphatic heterocycles. The summed E-state index contributed by atoms with van der Waals surface area (Å²) in [7, 11) is 0. The third-order valence-corrected chi connectivity index (χ3v) is 4.07. The number of aromatic carboxylic acids is 1. The average Bonchev–Trinajstić information content (AvgIpc) is 2.63. The van der Waals surface area contributed by atoms with Gasteiger partial charge < -0.3 is 20.1 Å². The zero-order valence-electron chi connectivity index (χ0n) is 14.1. The van der Waals surface area contributed by atoms with Gasteiger partial charge in [0, 0.05) is 29.3 Å². The maximum absolute atomic E-state index is 12.6. The van der Waals surface area contributed by atoms with Crippen LogP contribution in [0.25, 0.3) is 0 Å². The van der Waals surface area contributed by atoms with Crippen molar-refractivity contribution in [3.8, 4) is 11.9 Å². The summed E-state index contributed by atoms with van der Waals surface area (Å²) < 4.78 is 0.921. The Hall–Kier alpha value is -3.22. The molecule has 1 aromatic heterocycles. The second-order valence-electron chi connectivity index (χ2n) is 5.47. The molecule has 2 rings (SSSR count). The van der Waals surface area contributed by atoms with Gasteiger partial charge in [0.25, 0.3) is 5.56 Å². The minimum atomic E-state index is -1.49. The summed E-state index contributed by atoms with van der Waals surface area (Å²) in [4.78, 5) is 23.6. The molecule has 10 heteroatoms. The van der Waals surface area contributed by atoms with Crippen LogP contribution in [0.4, 0.5) is 11.4 Å². The van der Waals surface area contributed by atoms with Gasteiger partial charge in [-0.05, 0) is 31.5 Å². The number of carbonyl (C=O) groups is 1. The van der Waals surface area contributed by atoms with E-state index in [-0.39, 0.29) is 52.7 Å². The third kappa shape index (κ3) is 4.13.